The average molecular weight is 284 g/mol. The van der Waals surface area contributed by atoms with Gasteiger partial charge in [0.05, 0.1) is 5.54 Å². The van der Waals surface area contributed by atoms with E-state index in [4.69, 9.17) is 5.73 Å². The molecule has 1 saturated heterocycles. The summed E-state index contributed by atoms with van der Waals surface area (Å²) in [6.45, 7) is 9.16. The highest BCUT2D eigenvalue weighted by atomic mass is 16.1. The van der Waals surface area contributed by atoms with Gasteiger partial charge < -0.3 is 20.9 Å². The van der Waals surface area contributed by atoms with Crippen LogP contribution in [0, 0.1) is 0 Å². The van der Waals surface area contributed by atoms with Crippen molar-refractivity contribution in [3.63, 3.8) is 0 Å². The van der Waals surface area contributed by atoms with Crippen LogP contribution in [0.4, 0.5) is 0 Å². The monoisotopic (exact) mass is 284 g/mol. The molecule has 118 valence electrons. The first-order valence-corrected chi connectivity index (χ1v) is 7.71. The summed E-state index contributed by atoms with van der Waals surface area (Å²) >= 11 is 0. The lowest BCUT2D eigenvalue weighted by Gasteiger charge is -2.37. The van der Waals surface area contributed by atoms with Crippen molar-refractivity contribution in [3.05, 3.63) is 0 Å². The molecule has 0 aromatic carbocycles. The van der Waals surface area contributed by atoms with Gasteiger partial charge in [-0.05, 0) is 67.2 Å². The maximum atomic E-state index is 11.7. The quantitative estimate of drug-likeness (QED) is 0.720. The minimum absolute atomic E-state index is 0.255. The predicted molar refractivity (Wildman–Crippen MR) is 83.6 cm³/mol. The van der Waals surface area contributed by atoms with Crippen LogP contribution in [0.3, 0.4) is 0 Å². The maximum absolute atomic E-state index is 11.7. The Labute approximate surface area is 123 Å². The number of hydrogen-bond acceptors (Lipinski definition) is 4. The summed E-state index contributed by atoms with van der Waals surface area (Å²) in [7, 11) is 4.30. The van der Waals surface area contributed by atoms with Crippen LogP contribution in [0.2, 0.25) is 0 Å². The Balaban J connectivity index is 2.43. The standard InChI is InChI=1S/C15H32N4O/c1-12(2)17-15(3,14(16)20)8-11-19-9-6-13(7-10-19)18(4)5/h12-13,17H,6-11H2,1-5H3,(H2,16,20). The van der Waals surface area contributed by atoms with E-state index in [-0.39, 0.29) is 11.9 Å². The van der Waals surface area contributed by atoms with Crippen molar-refractivity contribution in [1.29, 1.82) is 0 Å². The zero-order valence-corrected chi connectivity index (χ0v) is 13.8. The van der Waals surface area contributed by atoms with Gasteiger partial charge in [-0.2, -0.15) is 0 Å². The molecule has 0 saturated carbocycles. The number of hydrogen-bond donors (Lipinski definition) is 2. The molecule has 1 aliphatic rings. The molecule has 1 unspecified atom stereocenters. The van der Waals surface area contributed by atoms with Gasteiger partial charge in [0, 0.05) is 18.6 Å². The SMILES string of the molecule is CC(C)NC(C)(CCN1CCC(N(C)C)CC1)C(N)=O. The second-order valence-electron chi connectivity index (χ2n) is 6.78. The van der Waals surface area contributed by atoms with E-state index in [0.29, 0.717) is 6.04 Å². The first-order chi connectivity index (χ1) is 9.24. The third-order valence-electron chi connectivity index (χ3n) is 4.37. The molecule has 20 heavy (non-hydrogen) atoms. The second-order valence-corrected chi connectivity index (χ2v) is 6.78. The van der Waals surface area contributed by atoms with E-state index < -0.39 is 5.54 Å². The number of amides is 1. The van der Waals surface area contributed by atoms with E-state index in [0.717, 1.165) is 26.1 Å². The Morgan fingerprint density at radius 2 is 1.95 bits per heavy atom. The van der Waals surface area contributed by atoms with E-state index in [9.17, 15) is 4.79 Å². The van der Waals surface area contributed by atoms with Crippen molar-refractivity contribution in [1.82, 2.24) is 15.1 Å². The molecule has 0 aromatic rings. The molecule has 0 bridgehead atoms. The molecular formula is C15H32N4O. The summed E-state index contributed by atoms with van der Waals surface area (Å²) in [6.07, 6.45) is 3.18. The van der Waals surface area contributed by atoms with Crippen molar-refractivity contribution in [2.45, 2.75) is 57.7 Å². The lowest BCUT2D eigenvalue weighted by atomic mass is 9.94. The summed E-state index contributed by atoms with van der Waals surface area (Å²) in [6, 6.07) is 0.953. The molecule has 3 N–H and O–H groups in total. The van der Waals surface area contributed by atoms with Gasteiger partial charge in [0.15, 0.2) is 0 Å². The molecule has 1 amide bonds. The van der Waals surface area contributed by atoms with Gasteiger partial charge in [0.2, 0.25) is 5.91 Å². The van der Waals surface area contributed by atoms with Crippen LogP contribution in [0.15, 0.2) is 0 Å². The first kappa shape index (κ1) is 17.4. The number of piperidine rings is 1. The molecule has 1 aliphatic heterocycles. The van der Waals surface area contributed by atoms with Crippen LogP contribution in [0.25, 0.3) is 0 Å². The molecule has 0 spiro atoms. The average Bonchev–Trinajstić information content (AvgIpc) is 2.36. The number of carbonyl (C=O) groups is 1. The van der Waals surface area contributed by atoms with Gasteiger partial charge in [0.25, 0.3) is 0 Å². The third-order valence-corrected chi connectivity index (χ3v) is 4.37. The highest BCUT2D eigenvalue weighted by Crippen LogP contribution is 2.17. The van der Waals surface area contributed by atoms with E-state index in [1.165, 1.54) is 12.8 Å². The minimum Gasteiger partial charge on any atom is -0.368 e. The van der Waals surface area contributed by atoms with E-state index in [1.807, 2.05) is 20.8 Å². The Bertz CT molecular complexity index is 311. The summed E-state index contributed by atoms with van der Waals surface area (Å²) in [5.41, 5.74) is 4.97. The van der Waals surface area contributed by atoms with Crippen molar-refractivity contribution in [2.75, 3.05) is 33.7 Å². The van der Waals surface area contributed by atoms with Gasteiger partial charge in [-0.25, -0.2) is 0 Å². The topological polar surface area (TPSA) is 61.6 Å². The van der Waals surface area contributed by atoms with Crippen LogP contribution >= 0.6 is 0 Å². The third kappa shape index (κ3) is 5.04. The highest BCUT2D eigenvalue weighted by Gasteiger charge is 2.32. The molecule has 5 nitrogen and oxygen atoms in total. The second kappa shape index (κ2) is 7.38. The number of nitrogens with two attached hydrogens (primary N) is 1. The van der Waals surface area contributed by atoms with Crippen molar-refractivity contribution in [3.8, 4) is 0 Å². The lowest BCUT2D eigenvalue weighted by Crippen LogP contribution is -2.57. The lowest BCUT2D eigenvalue weighted by molar-refractivity contribution is -0.124. The smallest absolute Gasteiger partial charge is 0.237 e. The van der Waals surface area contributed by atoms with Crippen LogP contribution in [0.1, 0.15) is 40.0 Å². The van der Waals surface area contributed by atoms with E-state index >= 15 is 0 Å². The highest BCUT2D eigenvalue weighted by molar-refractivity contribution is 5.84. The van der Waals surface area contributed by atoms with Gasteiger partial charge in [-0.15, -0.1) is 0 Å². The maximum Gasteiger partial charge on any atom is 0.237 e. The Kier molecular flexibility index (Phi) is 6.43. The summed E-state index contributed by atoms with van der Waals surface area (Å²) in [5, 5.41) is 3.31. The van der Waals surface area contributed by atoms with Crippen LogP contribution in [0.5, 0.6) is 0 Å². The zero-order chi connectivity index (χ0) is 15.3. The van der Waals surface area contributed by atoms with Gasteiger partial charge in [-0.3, -0.25) is 4.79 Å². The van der Waals surface area contributed by atoms with E-state index in [2.05, 4.69) is 29.2 Å². The first-order valence-electron chi connectivity index (χ1n) is 7.71. The fraction of sp³-hybridized carbons (Fsp3) is 0.933. The molecule has 1 fully saturated rings. The molecular weight excluding hydrogens is 252 g/mol. The van der Waals surface area contributed by atoms with Gasteiger partial charge >= 0.3 is 0 Å². The molecule has 0 aliphatic carbocycles. The Morgan fingerprint density at radius 3 is 2.35 bits per heavy atom. The van der Waals surface area contributed by atoms with Crippen LogP contribution in [-0.2, 0) is 4.79 Å². The van der Waals surface area contributed by atoms with Crippen LogP contribution < -0.4 is 11.1 Å². The van der Waals surface area contributed by atoms with Crippen molar-refractivity contribution in [2.24, 2.45) is 5.73 Å². The molecule has 1 atom stereocenters. The molecule has 0 radical (unpaired) electrons. The van der Waals surface area contributed by atoms with Gasteiger partial charge in [0.1, 0.15) is 0 Å². The number of primary amides is 1. The molecule has 0 aromatic heterocycles. The zero-order valence-electron chi connectivity index (χ0n) is 13.8. The predicted octanol–water partition coefficient (Wildman–Crippen LogP) is 0.645. The fourth-order valence-corrected chi connectivity index (χ4v) is 2.94. The Hall–Kier alpha value is -0.650. The molecule has 1 rings (SSSR count). The number of nitrogens with one attached hydrogen (secondary N) is 1. The molecule has 1 heterocycles. The van der Waals surface area contributed by atoms with E-state index in [1.54, 1.807) is 0 Å². The molecule has 5 heteroatoms. The van der Waals surface area contributed by atoms with Gasteiger partial charge in [-0.1, -0.05) is 0 Å². The number of nitrogens with zero attached hydrogens (tertiary/aromatic N) is 2. The summed E-state index contributed by atoms with van der Waals surface area (Å²) < 4.78 is 0. The summed E-state index contributed by atoms with van der Waals surface area (Å²) in [4.78, 5) is 16.5. The normalized spacial score (nSPS) is 21.4. The number of likely N-dealkylation sites (tertiary alicyclic amines) is 1. The van der Waals surface area contributed by atoms with Crippen molar-refractivity contribution >= 4 is 5.91 Å². The fourth-order valence-electron chi connectivity index (χ4n) is 2.94. The largest absolute Gasteiger partial charge is 0.368 e. The minimum atomic E-state index is -0.605. The number of rotatable bonds is 7. The van der Waals surface area contributed by atoms with Crippen molar-refractivity contribution < 1.29 is 4.79 Å². The Morgan fingerprint density at radius 1 is 1.40 bits per heavy atom. The summed E-state index contributed by atoms with van der Waals surface area (Å²) in [5.74, 6) is -0.255. The van der Waals surface area contributed by atoms with Crippen LogP contribution in [-0.4, -0.2) is 67.1 Å². The number of carbonyl (C=O) groups excluding carboxylic acids is 1.